The molecule has 1 radical (unpaired) electrons. The van der Waals surface area contributed by atoms with Gasteiger partial charge in [-0.25, -0.2) is 0 Å². The molecule has 0 amide bonds. The summed E-state index contributed by atoms with van der Waals surface area (Å²) in [5.74, 6) is 3.80. The van der Waals surface area contributed by atoms with Gasteiger partial charge in [0.25, 0.3) is 0 Å². The smallest absolute Gasteiger partial charge is 0.0184 e. The minimum absolute atomic E-state index is 0.908. The van der Waals surface area contributed by atoms with Gasteiger partial charge in [0, 0.05) is 0 Å². The van der Waals surface area contributed by atoms with Gasteiger partial charge in [0.2, 0.25) is 0 Å². The van der Waals surface area contributed by atoms with Crippen LogP contribution in [-0.4, -0.2) is 0 Å². The Morgan fingerprint density at radius 3 is 2.00 bits per heavy atom. The highest BCUT2D eigenvalue weighted by Crippen LogP contribution is 2.42. The maximum Gasteiger partial charge on any atom is -0.0184 e. The second kappa shape index (κ2) is 8.18. The Hall–Kier alpha value is -0.780. The Balaban J connectivity index is 1.72. The molecule has 0 saturated heterocycles. The standard InChI is InChI=1S/C22H33/c1-18(20-13-7-3-8-14-20)22(21-15-9-4-10-16-21)17-19-11-5-2-6-12-19/h5-6,11-12,18,20-22H,3-4,7-10,13-17H2,1H3. The van der Waals surface area contributed by atoms with E-state index in [1.807, 2.05) is 0 Å². The molecule has 0 heteroatoms. The molecule has 2 saturated carbocycles. The summed E-state index contributed by atoms with van der Waals surface area (Å²) in [6.07, 6.45) is 16.1. The predicted molar refractivity (Wildman–Crippen MR) is 94.8 cm³/mol. The fourth-order valence-electron chi connectivity index (χ4n) is 5.18. The Bertz CT molecular complexity index is 409. The van der Waals surface area contributed by atoms with E-state index in [2.05, 4.69) is 37.3 Å². The van der Waals surface area contributed by atoms with Crippen LogP contribution in [-0.2, 0) is 6.42 Å². The lowest BCUT2D eigenvalue weighted by atomic mass is 9.66. The highest BCUT2D eigenvalue weighted by atomic mass is 14.4. The third kappa shape index (κ3) is 4.15. The van der Waals surface area contributed by atoms with E-state index in [1.54, 1.807) is 0 Å². The number of hydrogen-bond acceptors (Lipinski definition) is 0. The summed E-state index contributed by atoms with van der Waals surface area (Å²) in [6.45, 7) is 2.59. The van der Waals surface area contributed by atoms with E-state index < -0.39 is 0 Å². The van der Waals surface area contributed by atoms with Gasteiger partial charge in [-0.05, 0) is 41.7 Å². The van der Waals surface area contributed by atoms with Crippen molar-refractivity contribution in [2.24, 2.45) is 23.7 Å². The number of hydrogen-bond donors (Lipinski definition) is 0. The van der Waals surface area contributed by atoms with Crippen LogP contribution in [0.2, 0.25) is 0 Å². The van der Waals surface area contributed by atoms with Crippen molar-refractivity contribution in [3.63, 3.8) is 0 Å². The lowest BCUT2D eigenvalue weighted by molar-refractivity contribution is 0.119. The van der Waals surface area contributed by atoms with E-state index in [0.717, 1.165) is 23.7 Å². The fraction of sp³-hybridized carbons (Fsp3) is 0.727. The Labute approximate surface area is 137 Å². The Morgan fingerprint density at radius 2 is 1.41 bits per heavy atom. The first kappa shape index (κ1) is 16.1. The van der Waals surface area contributed by atoms with Crippen LogP contribution in [0.1, 0.15) is 76.7 Å². The van der Waals surface area contributed by atoms with Crippen LogP contribution < -0.4 is 0 Å². The molecule has 0 bridgehead atoms. The first-order valence-corrected chi connectivity index (χ1v) is 9.79. The molecule has 0 spiro atoms. The van der Waals surface area contributed by atoms with Crippen LogP contribution >= 0.6 is 0 Å². The maximum absolute atomic E-state index is 3.18. The predicted octanol–water partition coefficient (Wildman–Crippen LogP) is 6.44. The first-order valence-electron chi connectivity index (χ1n) is 9.79. The molecule has 3 rings (SSSR count). The molecule has 1 aromatic rings. The van der Waals surface area contributed by atoms with Crippen LogP contribution in [0.5, 0.6) is 0 Å². The second-order valence-corrected chi connectivity index (χ2v) is 7.93. The molecule has 0 heterocycles. The highest BCUT2D eigenvalue weighted by Gasteiger charge is 2.33. The second-order valence-electron chi connectivity index (χ2n) is 7.93. The van der Waals surface area contributed by atoms with Crippen molar-refractivity contribution in [2.45, 2.75) is 77.6 Å². The summed E-state index contributed by atoms with van der Waals surface area (Å²) in [7, 11) is 0. The summed E-state index contributed by atoms with van der Waals surface area (Å²) >= 11 is 0. The highest BCUT2D eigenvalue weighted by molar-refractivity contribution is 5.15. The van der Waals surface area contributed by atoms with Crippen LogP contribution in [0, 0.1) is 29.7 Å². The molecular weight excluding hydrogens is 264 g/mol. The van der Waals surface area contributed by atoms with Crippen molar-refractivity contribution < 1.29 is 0 Å². The molecular formula is C22H33. The maximum atomic E-state index is 3.18. The third-order valence-electron chi connectivity index (χ3n) is 6.58. The minimum atomic E-state index is 0.908. The van der Waals surface area contributed by atoms with Crippen LogP contribution in [0.15, 0.2) is 24.3 Å². The summed E-state index contributed by atoms with van der Waals surface area (Å²) in [5.41, 5.74) is 1.54. The molecule has 2 aliphatic rings. The molecule has 121 valence electrons. The molecule has 0 N–H and O–H groups in total. The summed E-state index contributed by atoms with van der Waals surface area (Å²) < 4.78 is 0. The molecule has 0 aromatic heterocycles. The third-order valence-corrected chi connectivity index (χ3v) is 6.58. The van der Waals surface area contributed by atoms with Crippen molar-refractivity contribution in [1.82, 2.24) is 0 Å². The first-order chi connectivity index (χ1) is 10.8. The molecule has 0 nitrogen and oxygen atoms in total. The average Bonchev–Trinajstić information content (AvgIpc) is 2.61. The van der Waals surface area contributed by atoms with Gasteiger partial charge in [-0.2, -0.15) is 0 Å². The molecule has 2 fully saturated rings. The van der Waals surface area contributed by atoms with E-state index in [1.165, 1.54) is 76.2 Å². The van der Waals surface area contributed by atoms with Crippen LogP contribution in [0.3, 0.4) is 0 Å². The zero-order valence-corrected chi connectivity index (χ0v) is 14.4. The van der Waals surface area contributed by atoms with E-state index in [0.29, 0.717) is 0 Å². The zero-order valence-electron chi connectivity index (χ0n) is 14.4. The SMILES string of the molecule is CC(C1CCCCC1)C(Cc1cc[c]cc1)C1CCCCC1. The summed E-state index contributed by atoms with van der Waals surface area (Å²) in [5, 5.41) is 0. The van der Waals surface area contributed by atoms with Crippen molar-refractivity contribution >= 4 is 0 Å². The van der Waals surface area contributed by atoms with E-state index in [9.17, 15) is 0 Å². The molecule has 2 aliphatic carbocycles. The summed E-state index contributed by atoms with van der Waals surface area (Å²) in [4.78, 5) is 0. The average molecular weight is 298 g/mol. The van der Waals surface area contributed by atoms with Gasteiger partial charge >= 0.3 is 0 Å². The number of benzene rings is 1. The van der Waals surface area contributed by atoms with Crippen LogP contribution in [0.25, 0.3) is 0 Å². The van der Waals surface area contributed by atoms with Gasteiger partial charge in [-0.3, -0.25) is 0 Å². The van der Waals surface area contributed by atoms with Crippen molar-refractivity contribution in [3.05, 3.63) is 35.9 Å². The number of rotatable bonds is 5. The quantitative estimate of drug-likeness (QED) is 0.586. The van der Waals surface area contributed by atoms with Crippen LogP contribution in [0.4, 0.5) is 0 Å². The van der Waals surface area contributed by atoms with E-state index in [4.69, 9.17) is 0 Å². The van der Waals surface area contributed by atoms with Gasteiger partial charge in [0.1, 0.15) is 0 Å². The molecule has 2 unspecified atom stereocenters. The minimum Gasteiger partial charge on any atom is -0.0620 e. The van der Waals surface area contributed by atoms with Gasteiger partial charge in [-0.1, -0.05) is 95.4 Å². The van der Waals surface area contributed by atoms with Gasteiger partial charge in [0.05, 0.1) is 0 Å². The zero-order chi connectivity index (χ0) is 15.2. The van der Waals surface area contributed by atoms with Crippen molar-refractivity contribution in [2.75, 3.05) is 0 Å². The topological polar surface area (TPSA) is 0 Å². The van der Waals surface area contributed by atoms with Gasteiger partial charge in [0.15, 0.2) is 0 Å². The van der Waals surface area contributed by atoms with Crippen molar-refractivity contribution in [1.29, 1.82) is 0 Å². The lowest BCUT2D eigenvalue weighted by Gasteiger charge is -2.39. The monoisotopic (exact) mass is 297 g/mol. The van der Waals surface area contributed by atoms with Crippen molar-refractivity contribution in [3.8, 4) is 0 Å². The molecule has 2 atom stereocenters. The Morgan fingerprint density at radius 1 is 0.864 bits per heavy atom. The molecule has 22 heavy (non-hydrogen) atoms. The molecule has 1 aromatic carbocycles. The molecule has 0 aliphatic heterocycles. The fourth-order valence-corrected chi connectivity index (χ4v) is 5.18. The van der Waals surface area contributed by atoms with E-state index >= 15 is 0 Å². The normalized spacial score (nSPS) is 24.0. The largest absolute Gasteiger partial charge is 0.0620 e. The Kier molecular flexibility index (Phi) is 5.98. The lowest BCUT2D eigenvalue weighted by Crippen LogP contribution is -2.31. The van der Waals surface area contributed by atoms with E-state index in [-0.39, 0.29) is 0 Å². The van der Waals surface area contributed by atoms with Gasteiger partial charge in [-0.15, -0.1) is 0 Å². The van der Waals surface area contributed by atoms with Gasteiger partial charge < -0.3 is 0 Å². The summed E-state index contributed by atoms with van der Waals surface area (Å²) in [6, 6.07) is 12.0.